The first kappa shape index (κ1) is 37.7. The highest BCUT2D eigenvalue weighted by atomic mass is 16.5. The van der Waals surface area contributed by atoms with Crippen LogP contribution in [0, 0.1) is 5.41 Å². The summed E-state index contributed by atoms with van der Waals surface area (Å²) in [5.74, 6) is 2.02. The average Bonchev–Trinajstić information content (AvgIpc) is 3.98. The number of phenols is 1. The second-order valence-corrected chi connectivity index (χ2v) is 18.3. The zero-order valence-electron chi connectivity index (χ0n) is 35.3. The van der Waals surface area contributed by atoms with Crippen molar-refractivity contribution in [2.45, 2.75) is 51.9 Å². The summed E-state index contributed by atoms with van der Waals surface area (Å²) >= 11 is 0. The average molecular weight is 806 g/mol. The summed E-state index contributed by atoms with van der Waals surface area (Å²) < 4.78 is 9.09. The number of benzene rings is 7. The summed E-state index contributed by atoms with van der Waals surface area (Å²) in [7, 11) is 0. The van der Waals surface area contributed by atoms with E-state index >= 15 is 0 Å². The van der Waals surface area contributed by atoms with Crippen LogP contribution in [0.3, 0.4) is 0 Å². The molecular weight excluding hydrogens is 759 g/mol. The van der Waals surface area contributed by atoms with E-state index in [0.29, 0.717) is 22.9 Å². The lowest BCUT2D eigenvalue weighted by molar-refractivity contribution is 0.326. The highest BCUT2D eigenvalue weighted by Crippen LogP contribution is 2.48. The molecule has 0 saturated heterocycles. The first-order valence-electron chi connectivity index (χ1n) is 21.6. The molecule has 2 heterocycles. The molecule has 0 atom stereocenters. The first-order chi connectivity index (χ1) is 30.2. The maximum absolute atomic E-state index is 10.8. The van der Waals surface area contributed by atoms with Gasteiger partial charge in [0, 0.05) is 22.8 Å². The van der Waals surface area contributed by atoms with Gasteiger partial charge >= 0.3 is 0 Å². The van der Waals surface area contributed by atoms with Gasteiger partial charge in [-0.1, -0.05) is 148 Å². The summed E-state index contributed by atoms with van der Waals surface area (Å²) in [5, 5.41) is 10.8. The fraction of sp³-hybridized carbons (Fsp3) is 0.158. The Bertz CT molecular complexity index is 3150. The van der Waals surface area contributed by atoms with Crippen molar-refractivity contribution in [2.75, 3.05) is 0 Å². The van der Waals surface area contributed by atoms with E-state index < -0.39 is 0 Å². The molecule has 9 aromatic rings. The third-order valence-corrected chi connectivity index (χ3v) is 13.0. The molecule has 302 valence electrons. The van der Waals surface area contributed by atoms with Crippen LogP contribution in [0.5, 0.6) is 17.4 Å². The third kappa shape index (κ3) is 6.75. The van der Waals surface area contributed by atoms with Crippen LogP contribution < -0.4 is 4.74 Å². The molecule has 2 aliphatic carbocycles. The lowest BCUT2D eigenvalue weighted by atomic mass is 9.82. The number of imidazole rings is 1. The van der Waals surface area contributed by atoms with Gasteiger partial charge in [0.05, 0.1) is 16.9 Å². The number of rotatable bonds is 7. The van der Waals surface area contributed by atoms with Crippen molar-refractivity contribution in [2.24, 2.45) is 5.41 Å². The van der Waals surface area contributed by atoms with Gasteiger partial charge in [-0.3, -0.25) is 4.57 Å². The second-order valence-electron chi connectivity index (χ2n) is 18.3. The predicted molar refractivity (Wildman–Crippen MR) is 251 cm³/mol. The van der Waals surface area contributed by atoms with Crippen LogP contribution >= 0.6 is 0 Å². The first-order valence-corrected chi connectivity index (χ1v) is 21.6. The van der Waals surface area contributed by atoms with Crippen LogP contribution in [0.15, 0.2) is 176 Å². The normalized spacial score (nSPS) is 14.0. The number of nitrogens with zero attached hydrogens (tertiary/aromatic N) is 3. The lowest BCUT2D eigenvalue weighted by Crippen LogP contribution is -2.21. The van der Waals surface area contributed by atoms with Gasteiger partial charge in [0.25, 0.3) is 0 Å². The summed E-state index contributed by atoms with van der Waals surface area (Å²) in [4.78, 5) is 10.5. The number of aromatic nitrogens is 3. The maximum Gasteiger partial charge on any atom is 0.220 e. The van der Waals surface area contributed by atoms with Crippen LogP contribution in [0.4, 0.5) is 0 Å². The third-order valence-electron chi connectivity index (χ3n) is 13.0. The zero-order valence-corrected chi connectivity index (χ0v) is 35.3. The molecule has 1 N–H and O–H groups in total. The summed E-state index contributed by atoms with van der Waals surface area (Å²) in [5.41, 5.74) is 16.7. The molecule has 0 fully saturated rings. The highest BCUT2D eigenvalue weighted by Gasteiger charge is 2.42. The molecule has 0 unspecified atom stereocenters. The Morgan fingerprint density at radius 3 is 1.94 bits per heavy atom. The minimum Gasteiger partial charge on any atom is -0.507 e. The molecular formula is C57H47N3O2. The van der Waals surface area contributed by atoms with Gasteiger partial charge < -0.3 is 9.84 Å². The fourth-order valence-corrected chi connectivity index (χ4v) is 9.93. The zero-order chi connectivity index (χ0) is 42.0. The number of fused-ring (bicyclic) bond motifs is 3. The maximum atomic E-state index is 10.8. The molecule has 0 bridgehead atoms. The van der Waals surface area contributed by atoms with Crippen LogP contribution in [-0.2, 0) is 31.1 Å². The Morgan fingerprint density at radius 2 is 1.16 bits per heavy atom. The smallest absolute Gasteiger partial charge is 0.220 e. The minimum absolute atomic E-state index is 0.172. The van der Waals surface area contributed by atoms with E-state index in [0.717, 1.165) is 76.0 Å². The molecule has 11 rings (SSSR count). The Labute approximate surface area is 363 Å². The molecule has 0 aliphatic heterocycles. The molecule has 0 radical (unpaired) electrons. The van der Waals surface area contributed by atoms with Gasteiger partial charge in [-0.2, -0.15) is 0 Å². The van der Waals surface area contributed by atoms with Crippen LogP contribution in [0.25, 0.3) is 61.6 Å². The molecule has 62 heavy (non-hydrogen) atoms. The van der Waals surface area contributed by atoms with Crippen LogP contribution in [0.1, 0.15) is 48.6 Å². The fourth-order valence-electron chi connectivity index (χ4n) is 9.93. The molecule has 5 nitrogen and oxygen atoms in total. The van der Waals surface area contributed by atoms with Gasteiger partial charge in [0.15, 0.2) is 5.75 Å². The second kappa shape index (κ2) is 14.7. The highest BCUT2D eigenvalue weighted by molar-refractivity contribution is 5.91. The number of para-hydroxylation sites is 3. The number of phenolic OH excluding ortho intramolecular Hbond substituents is 1. The van der Waals surface area contributed by atoms with E-state index in [9.17, 15) is 5.11 Å². The Hall–Kier alpha value is -7.24. The topological polar surface area (TPSA) is 60.2 Å². The number of hydrogen-bond donors (Lipinski definition) is 1. The van der Waals surface area contributed by atoms with Crippen molar-refractivity contribution in [1.29, 1.82) is 0 Å². The van der Waals surface area contributed by atoms with Gasteiger partial charge in [0.2, 0.25) is 5.88 Å². The monoisotopic (exact) mass is 805 g/mol. The van der Waals surface area contributed by atoms with Crippen molar-refractivity contribution in [1.82, 2.24) is 14.5 Å². The molecule has 2 aliphatic rings. The quantitative estimate of drug-likeness (QED) is 0.174. The lowest BCUT2D eigenvalue weighted by Gasteiger charge is -2.21. The Morgan fingerprint density at radius 1 is 0.532 bits per heavy atom. The van der Waals surface area contributed by atoms with E-state index in [2.05, 4.69) is 153 Å². The SMILES string of the molecule is CC(C)(C)c1cc(Oc2cccc3c2nc(-c2cccc(-c4ccc5c(c4)CC4(Cc6ccccc6C4)C5)c2)n3-c2ccccc2-c2ccccc2)nc(-c2ccccc2O)c1. The number of hydrogen-bond acceptors (Lipinski definition) is 4. The van der Waals surface area contributed by atoms with E-state index in [4.69, 9.17) is 14.7 Å². The van der Waals surface area contributed by atoms with E-state index in [-0.39, 0.29) is 16.6 Å². The van der Waals surface area contributed by atoms with Crippen molar-refractivity contribution in [3.63, 3.8) is 0 Å². The van der Waals surface area contributed by atoms with Crippen molar-refractivity contribution in [3.05, 3.63) is 204 Å². The molecule has 7 aromatic carbocycles. The van der Waals surface area contributed by atoms with Crippen molar-refractivity contribution in [3.8, 4) is 68.0 Å². The summed E-state index contributed by atoms with van der Waals surface area (Å²) in [6.45, 7) is 6.51. The number of aromatic hydroxyl groups is 1. The van der Waals surface area contributed by atoms with E-state index in [1.807, 2.05) is 42.5 Å². The largest absolute Gasteiger partial charge is 0.507 e. The summed E-state index contributed by atoms with van der Waals surface area (Å²) in [6, 6.07) is 61.5. The molecule has 0 amide bonds. The summed E-state index contributed by atoms with van der Waals surface area (Å²) in [6.07, 6.45) is 4.56. The minimum atomic E-state index is -0.199. The number of pyridine rings is 1. The molecule has 2 aromatic heterocycles. The Balaban J connectivity index is 1.03. The van der Waals surface area contributed by atoms with Crippen LogP contribution in [-0.4, -0.2) is 19.6 Å². The van der Waals surface area contributed by atoms with Crippen molar-refractivity contribution < 1.29 is 9.84 Å². The van der Waals surface area contributed by atoms with Crippen LogP contribution in [0.2, 0.25) is 0 Å². The van der Waals surface area contributed by atoms with Gasteiger partial charge in [-0.05, 0) is 123 Å². The van der Waals surface area contributed by atoms with E-state index in [1.54, 1.807) is 6.07 Å². The van der Waals surface area contributed by atoms with E-state index in [1.165, 1.54) is 27.8 Å². The molecule has 5 heteroatoms. The number of ether oxygens (including phenoxy) is 1. The van der Waals surface area contributed by atoms with Gasteiger partial charge in [-0.25, -0.2) is 9.97 Å². The molecule has 1 spiro atoms. The predicted octanol–water partition coefficient (Wildman–Crippen LogP) is 13.8. The van der Waals surface area contributed by atoms with Crippen molar-refractivity contribution >= 4 is 11.0 Å². The Kier molecular flexibility index (Phi) is 8.97. The standard InChI is InChI=1S/C57H47N3O2/c1-56(2,3)45-31-48(47-22-10-12-25-51(47)61)58-53(32-45)62-52-26-14-24-50-54(52)59-55(60(50)49-23-11-9-21-46(49)37-15-5-4-6-16-37)40-20-13-19-38(29-40)39-27-28-43-35-57(36-44(43)30-39)33-41-17-7-8-18-42(41)34-57/h4-32,61H,33-36H2,1-3H3. The molecule has 0 saturated carbocycles. The van der Waals surface area contributed by atoms with Gasteiger partial charge in [0.1, 0.15) is 17.1 Å². The van der Waals surface area contributed by atoms with Gasteiger partial charge in [-0.15, -0.1) is 0 Å².